The molecule has 5 aromatic rings. The third-order valence-electron chi connectivity index (χ3n) is 9.00. The Bertz CT molecular complexity index is 1980. The van der Waals surface area contributed by atoms with E-state index in [1.54, 1.807) is 6.07 Å². The number of rotatable bonds is 9. The summed E-state index contributed by atoms with van der Waals surface area (Å²) in [6.45, 7) is 6.79. The lowest BCUT2D eigenvalue weighted by Crippen LogP contribution is -2.48. The summed E-state index contributed by atoms with van der Waals surface area (Å²) in [5.74, 6) is -1.39. The number of carbonyl (C=O) groups excluding carboxylic acids is 1. The molecule has 1 saturated carbocycles. The van der Waals surface area contributed by atoms with Gasteiger partial charge in [0.15, 0.2) is 11.1 Å². The van der Waals surface area contributed by atoms with E-state index in [-0.39, 0.29) is 28.9 Å². The highest BCUT2D eigenvalue weighted by molar-refractivity contribution is 5.90. The topological polar surface area (TPSA) is 128 Å². The Balaban J connectivity index is 1.27. The molecule has 0 unspecified atom stereocenters. The molecule has 0 radical (unpaired) electrons. The number of pyridine rings is 3. The van der Waals surface area contributed by atoms with Gasteiger partial charge in [0.1, 0.15) is 11.5 Å². The van der Waals surface area contributed by atoms with Gasteiger partial charge in [-0.05, 0) is 81.5 Å². The third kappa shape index (κ3) is 6.00. The van der Waals surface area contributed by atoms with Crippen LogP contribution in [0, 0.1) is 19.7 Å². The number of hydrogen-bond acceptors (Lipinski definition) is 8. The predicted octanol–water partition coefficient (Wildman–Crippen LogP) is 4.23. The van der Waals surface area contributed by atoms with E-state index in [0.717, 1.165) is 61.4 Å². The number of carbonyl (C=O) groups is 1. The van der Waals surface area contributed by atoms with Crippen LogP contribution in [0.25, 0.3) is 16.6 Å². The molecule has 1 aliphatic heterocycles. The van der Waals surface area contributed by atoms with E-state index in [1.165, 1.54) is 16.9 Å². The van der Waals surface area contributed by atoms with Crippen LogP contribution in [0.15, 0.2) is 66.0 Å². The summed E-state index contributed by atoms with van der Waals surface area (Å²) >= 11 is 0. The van der Waals surface area contributed by atoms with Crippen molar-refractivity contribution in [2.24, 2.45) is 5.73 Å². The first kappa shape index (κ1) is 29.7. The van der Waals surface area contributed by atoms with Crippen LogP contribution in [-0.4, -0.2) is 59.5 Å². The second kappa shape index (κ2) is 12.1. The molecule has 5 heterocycles. The van der Waals surface area contributed by atoms with Crippen molar-refractivity contribution < 1.29 is 9.18 Å². The summed E-state index contributed by atoms with van der Waals surface area (Å²) in [6, 6.07) is 11.6. The van der Waals surface area contributed by atoms with Crippen LogP contribution in [-0.2, 0) is 13.1 Å². The highest BCUT2D eigenvalue weighted by Gasteiger charge is 2.30. The van der Waals surface area contributed by atoms with Gasteiger partial charge < -0.3 is 15.2 Å². The van der Waals surface area contributed by atoms with Crippen LogP contribution in [0.3, 0.4) is 0 Å². The fraction of sp³-hybridized carbons (Fsp3) is 0.353. The molecule has 1 saturated heterocycles. The van der Waals surface area contributed by atoms with Crippen molar-refractivity contribution in [3.63, 3.8) is 0 Å². The van der Waals surface area contributed by atoms with Gasteiger partial charge in [0, 0.05) is 73.0 Å². The smallest absolute Gasteiger partial charge is 0.270 e. The number of amides is 1. The molecule has 1 aromatic carbocycles. The Morgan fingerprint density at radius 3 is 2.61 bits per heavy atom. The molecule has 46 heavy (non-hydrogen) atoms. The average Bonchev–Trinajstić information content (AvgIpc) is 3.77. The summed E-state index contributed by atoms with van der Waals surface area (Å²) < 4.78 is 18.9. The zero-order chi connectivity index (χ0) is 31.9. The van der Waals surface area contributed by atoms with Crippen molar-refractivity contribution in [2.75, 3.05) is 18.0 Å². The molecule has 1 amide bonds. The van der Waals surface area contributed by atoms with Gasteiger partial charge in [-0.25, -0.2) is 9.07 Å². The molecule has 1 atom stereocenters. The number of nitrogens with two attached hydrogens (primary N) is 1. The van der Waals surface area contributed by atoms with Gasteiger partial charge in [-0.3, -0.25) is 24.5 Å². The van der Waals surface area contributed by atoms with E-state index in [0.29, 0.717) is 29.6 Å². The maximum absolute atomic E-state index is 15.6. The van der Waals surface area contributed by atoms with E-state index in [2.05, 4.69) is 46.8 Å². The molecule has 1 aliphatic carbocycles. The van der Waals surface area contributed by atoms with E-state index >= 15 is 4.39 Å². The van der Waals surface area contributed by atoms with Crippen molar-refractivity contribution in [3.05, 3.63) is 105 Å². The molecular weight excluding hydrogens is 585 g/mol. The number of nitrogens with zero attached hydrogens (tertiary/aromatic N) is 8. The van der Waals surface area contributed by atoms with Gasteiger partial charge in [0.05, 0.1) is 23.6 Å². The number of halogens is 1. The number of aromatic nitrogens is 6. The van der Waals surface area contributed by atoms with Crippen LogP contribution in [0.2, 0.25) is 0 Å². The van der Waals surface area contributed by atoms with Crippen LogP contribution in [0.5, 0.6) is 0 Å². The van der Waals surface area contributed by atoms with Gasteiger partial charge >= 0.3 is 0 Å². The van der Waals surface area contributed by atoms with Gasteiger partial charge in [-0.2, -0.15) is 0 Å². The van der Waals surface area contributed by atoms with Crippen molar-refractivity contribution in [1.82, 2.24) is 34.4 Å². The maximum Gasteiger partial charge on any atom is 0.270 e. The summed E-state index contributed by atoms with van der Waals surface area (Å²) in [6.07, 6.45) is 11.0. The van der Waals surface area contributed by atoms with Gasteiger partial charge in [0.25, 0.3) is 5.91 Å². The normalized spacial score (nSPS) is 16.8. The lowest BCUT2D eigenvalue weighted by Gasteiger charge is -2.40. The molecule has 12 heteroatoms. The fourth-order valence-electron chi connectivity index (χ4n) is 6.46. The Morgan fingerprint density at radius 2 is 1.89 bits per heavy atom. The number of primary amides is 1. The van der Waals surface area contributed by atoms with Crippen molar-refractivity contribution >= 4 is 22.5 Å². The second-order valence-electron chi connectivity index (χ2n) is 12.5. The van der Waals surface area contributed by atoms with Gasteiger partial charge in [0.2, 0.25) is 0 Å². The average molecular weight is 622 g/mol. The summed E-state index contributed by atoms with van der Waals surface area (Å²) in [4.78, 5) is 39.4. The molecule has 0 spiro atoms. The van der Waals surface area contributed by atoms with Gasteiger partial charge in [-0.15, -0.1) is 5.10 Å². The minimum absolute atomic E-state index is 0.0705. The minimum atomic E-state index is -0.755. The lowest BCUT2D eigenvalue weighted by atomic mass is 10.0. The third-order valence-corrected chi connectivity index (χ3v) is 9.00. The van der Waals surface area contributed by atoms with Crippen LogP contribution in [0.1, 0.15) is 64.7 Å². The number of anilines is 1. The fourth-order valence-corrected chi connectivity index (χ4v) is 6.46. The highest BCUT2D eigenvalue weighted by atomic mass is 19.1. The van der Waals surface area contributed by atoms with Crippen molar-refractivity contribution in [2.45, 2.75) is 64.7 Å². The van der Waals surface area contributed by atoms with Crippen LogP contribution in [0.4, 0.5) is 10.1 Å². The van der Waals surface area contributed by atoms with Crippen molar-refractivity contribution in [1.29, 1.82) is 0 Å². The molecule has 7 rings (SSSR count). The molecule has 11 nitrogen and oxygen atoms in total. The van der Waals surface area contributed by atoms with E-state index in [1.807, 2.05) is 44.6 Å². The number of aryl methyl sites for hydroxylation is 2. The van der Waals surface area contributed by atoms with E-state index < -0.39 is 11.7 Å². The summed E-state index contributed by atoms with van der Waals surface area (Å²) in [5.41, 5.74) is 10.6. The Kier molecular flexibility index (Phi) is 7.81. The molecule has 0 bridgehead atoms. The largest absolute Gasteiger partial charge is 0.369 e. The summed E-state index contributed by atoms with van der Waals surface area (Å²) in [5, 5.41) is 7.96. The standard InChI is InChI=1S/C34H36FN9O2/c1-21-5-6-26(15-38-21)41-11-3-4-27(19-41)42(16-23-9-10-37-22(2)12-23)17-24-18-43(25-7-8-25)31-14-32(29(35)13-28(31)33(24)45)44-20-30(34(36)46)39-40-44/h5-6,9-10,12-15,18,20,25,27H,3-4,7-8,11,16-17,19H2,1-2H3,(H2,36,46)/t27-/m0/s1. The van der Waals surface area contributed by atoms with E-state index in [4.69, 9.17) is 5.73 Å². The van der Waals surface area contributed by atoms with Crippen LogP contribution >= 0.6 is 0 Å². The maximum atomic E-state index is 15.6. The zero-order valence-electron chi connectivity index (χ0n) is 25.9. The first-order valence-electron chi connectivity index (χ1n) is 15.7. The molecule has 2 N–H and O–H groups in total. The second-order valence-corrected chi connectivity index (χ2v) is 12.5. The molecule has 236 valence electrons. The predicted molar refractivity (Wildman–Crippen MR) is 172 cm³/mol. The number of fused-ring (bicyclic) bond motifs is 1. The molecule has 2 fully saturated rings. The number of hydrogen-bond donors (Lipinski definition) is 1. The first-order valence-corrected chi connectivity index (χ1v) is 15.7. The SMILES string of the molecule is Cc1ccc(N2CCC[C@H](N(Cc3ccnc(C)c3)Cc3cn(C4CC4)c4cc(-n5cc(C(N)=O)nn5)c(F)cc4c3=O)C2)cn1. The number of benzene rings is 1. The van der Waals surface area contributed by atoms with Crippen LogP contribution < -0.4 is 16.1 Å². The molecule has 4 aromatic heterocycles. The lowest BCUT2D eigenvalue weighted by molar-refractivity contribution is 0.0995. The quantitative estimate of drug-likeness (QED) is 0.259. The summed E-state index contributed by atoms with van der Waals surface area (Å²) in [7, 11) is 0. The molecular formula is C34H36FN9O2. The zero-order valence-corrected chi connectivity index (χ0v) is 25.9. The Hall–Kier alpha value is -4.97. The Morgan fingerprint density at radius 1 is 1.04 bits per heavy atom. The van der Waals surface area contributed by atoms with Crippen molar-refractivity contribution in [3.8, 4) is 5.69 Å². The number of piperidine rings is 1. The van der Waals surface area contributed by atoms with E-state index in [9.17, 15) is 9.59 Å². The minimum Gasteiger partial charge on any atom is -0.369 e. The molecule has 2 aliphatic rings. The first-order chi connectivity index (χ1) is 22.2. The van der Waals surface area contributed by atoms with Gasteiger partial charge in [-0.1, -0.05) is 5.21 Å². The Labute approximate surface area is 265 Å². The monoisotopic (exact) mass is 621 g/mol. The highest BCUT2D eigenvalue weighted by Crippen LogP contribution is 2.38.